The van der Waals surface area contributed by atoms with Gasteiger partial charge in [0.25, 0.3) is 0 Å². The number of aliphatic carboxylic acids is 1. The monoisotopic (exact) mass is 985 g/mol. The Balaban J connectivity index is 0.000000674. The molecule has 0 aliphatic carbocycles. The third kappa shape index (κ3) is 38.1. The lowest BCUT2D eigenvalue weighted by molar-refractivity contribution is -0.141. The highest BCUT2D eigenvalue weighted by molar-refractivity contribution is 8.00. The zero-order valence-corrected chi connectivity index (χ0v) is 42.1. The number of nitrogens with zero attached hydrogens (tertiary/aromatic N) is 4. The number of ether oxygens (including phenoxy) is 13. The lowest BCUT2D eigenvalue weighted by Crippen LogP contribution is -2.31. The molecule has 0 bridgehead atoms. The van der Waals surface area contributed by atoms with Crippen LogP contribution in [0.2, 0.25) is 0 Å². The summed E-state index contributed by atoms with van der Waals surface area (Å²) in [5.41, 5.74) is 0.813. The molecule has 0 radical (unpaired) electrons. The van der Waals surface area contributed by atoms with Crippen molar-refractivity contribution < 1.29 is 81.1 Å². The van der Waals surface area contributed by atoms with E-state index in [1.54, 1.807) is 24.9 Å². The second-order valence-corrected chi connectivity index (χ2v) is 17.4. The van der Waals surface area contributed by atoms with Gasteiger partial charge < -0.3 is 66.7 Å². The number of methoxy groups -OCH3 is 1. The molecule has 1 aromatic rings. The Bertz CT molecular complexity index is 1330. The van der Waals surface area contributed by atoms with Gasteiger partial charge in [-0.15, -0.1) is 16.9 Å². The minimum atomic E-state index is -0.923. The summed E-state index contributed by atoms with van der Waals surface area (Å²) in [7, 11) is 1.65. The molecule has 21 nitrogen and oxygen atoms in total. The van der Waals surface area contributed by atoms with Crippen LogP contribution in [0.15, 0.2) is 6.20 Å². The maximum Gasteiger partial charge on any atom is 0.307 e. The van der Waals surface area contributed by atoms with E-state index in [1.807, 2.05) is 0 Å². The van der Waals surface area contributed by atoms with Gasteiger partial charge in [0.1, 0.15) is 5.69 Å². The van der Waals surface area contributed by atoms with Gasteiger partial charge in [-0.05, 0) is 18.3 Å². The summed E-state index contributed by atoms with van der Waals surface area (Å²) in [6.07, 6.45) is 3.80. The Morgan fingerprint density at radius 1 is 0.657 bits per heavy atom. The summed E-state index contributed by atoms with van der Waals surface area (Å²) in [6.45, 7) is 24.8. The van der Waals surface area contributed by atoms with E-state index >= 15 is 0 Å². The number of carbonyl (C=O) groups is 3. The number of carboxylic acids is 1. The van der Waals surface area contributed by atoms with Crippen molar-refractivity contribution in [1.29, 1.82) is 0 Å². The van der Waals surface area contributed by atoms with E-state index in [4.69, 9.17) is 66.7 Å². The zero-order chi connectivity index (χ0) is 49.1. The first kappa shape index (κ1) is 62.6. The van der Waals surface area contributed by atoms with Gasteiger partial charge in [0.05, 0.1) is 182 Å². The fraction of sp³-hybridized carbons (Fsp3) is 0.889. The normalized spacial score (nSPS) is 14.5. The van der Waals surface area contributed by atoms with E-state index in [0.717, 1.165) is 31.0 Å². The number of rotatable bonds is 46. The standard InChI is InChI=1S/C23H48O9.C22H36N4O8S/c1-23(2,3)5-6-25-9-10-27-13-14-29-17-18-31-21-22-32-20-19-30-16-15-28-12-11-26-8-7-24-4;1-3-5-31-7-9-33-11-12-34-10-8-32-6-4-25-14-18(23-24-25)15-26-20(27)13-19(21(26)28)35-16-17(2)22(29)30/h5-22H2,1-4H3;14,17,19H,3-13,15-16H2,1-2H3,(H,29,30). The molecule has 392 valence electrons. The van der Waals surface area contributed by atoms with Crippen molar-refractivity contribution in [2.75, 3.05) is 178 Å². The van der Waals surface area contributed by atoms with Crippen molar-refractivity contribution in [3.05, 3.63) is 11.9 Å². The zero-order valence-electron chi connectivity index (χ0n) is 41.3. The van der Waals surface area contributed by atoms with E-state index in [9.17, 15) is 14.4 Å². The average Bonchev–Trinajstić information content (AvgIpc) is 3.86. The maximum atomic E-state index is 12.6. The molecule has 2 atom stereocenters. The number of hydrogen-bond acceptors (Lipinski definition) is 19. The van der Waals surface area contributed by atoms with Crippen LogP contribution < -0.4 is 0 Å². The minimum absolute atomic E-state index is 0.0463. The number of amides is 2. The van der Waals surface area contributed by atoms with Crippen LogP contribution in [0.5, 0.6) is 0 Å². The van der Waals surface area contributed by atoms with Gasteiger partial charge in [0.15, 0.2) is 0 Å². The van der Waals surface area contributed by atoms with Crippen LogP contribution in [0.4, 0.5) is 0 Å². The second-order valence-electron chi connectivity index (χ2n) is 16.2. The SMILES string of the molecule is CCCOCCOCCOCCOCCn1cc(CN2C(=O)CC(SCC(C)C(=O)O)C2=O)nn1.COCCOCCOCCOCCOCCOCCOCCOCCOCCC(C)(C)C. The molecule has 1 saturated heterocycles. The number of likely N-dealkylation sites (tertiary alicyclic amines) is 1. The highest BCUT2D eigenvalue weighted by Gasteiger charge is 2.39. The smallest absolute Gasteiger partial charge is 0.307 e. The molecule has 2 amide bonds. The molecular formula is C45H84N4O17S. The van der Waals surface area contributed by atoms with Gasteiger partial charge in [0, 0.05) is 32.5 Å². The van der Waals surface area contributed by atoms with Crippen LogP contribution in [-0.4, -0.2) is 226 Å². The number of carbonyl (C=O) groups excluding carboxylic acids is 2. The number of aromatic nitrogens is 3. The molecule has 1 aromatic heterocycles. The summed E-state index contributed by atoms with van der Waals surface area (Å²) in [4.78, 5) is 36.9. The van der Waals surface area contributed by atoms with Crippen molar-refractivity contribution in [3.8, 4) is 0 Å². The van der Waals surface area contributed by atoms with E-state index in [0.29, 0.717) is 170 Å². The van der Waals surface area contributed by atoms with Crippen LogP contribution in [0.3, 0.4) is 0 Å². The first-order valence-electron chi connectivity index (χ1n) is 23.5. The van der Waals surface area contributed by atoms with Crippen molar-refractivity contribution in [1.82, 2.24) is 19.9 Å². The Morgan fingerprint density at radius 3 is 1.43 bits per heavy atom. The van der Waals surface area contributed by atoms with Crippen molar-refractivity contribution in [2.45, 2.75) is 72.2 Å². The van der Waals surface area contributed by atoms with Crippen molar-refractivity contribution in [2.24, 2.45) is 11.3 Å². The summed E-state index contributed by atoms with van der Waals surface area (Å²) >= 11 is 1.21. The summed E-state index contributed by atoms with van der Waals surface area (Å²) in [5.74, 6) is -1.83. The molecule has 22 heteroatoms. The average molecular weight is 985 g/mol. The molecule has 0 saturated carbocycles. The predicted molar refractivity (Wildman–Crippen MR) is 249 cm³/mol. The van der Waals surface area contributed by atoms with Gasteiger partial charge in [-0.2, -0.15) is 0 Å². The van der Waals surface area contributed by atoms with Crippen LogP contribution in [0.1, 0.15) is 59.6 Å². The Morgan fingerprint density at radius 2 is 1.04 bits per heavy atom. The van der Waals surface area contributed by atoms with Gasteiger partial charge in [0.2, 0.25) is 11.8 Å². The predicted octanol–water partition coefficient (Wildman–Crippen LogP) is 3.04. The van der Waals surface area contributed by atoms with E-state index in [1.165, 1.54) is 11.8 Å². The summed E-state index contributed by atoms with van der Waals surface area (Å²) in [6, 6.07) is 0. The quantitative estimate of drug-likeness (QED) is 0.0732. The first-order valence-corrected chi connectivity index (χ1v) is 24.5. The Kier molecular flexibility index (Phi) is 40.7. The van der Waals surface area contributed by atoms with Crippen molar-refractivity contribution >= 4 is 29.5 Å². The van der Waals surface area contributed by atoms with Gasteiger partial charge in [-0.1, -0.05) is 39.8 Å². The molecule has 0 spiro atoms. The number of thioether (sulfide) groups is 1. The van der Waals surface area contributed by atoms with Crippen molar-refractivity contribution in [3.63, 3.8) is 0 Å². The lowest BCUT2D eigenvalue weighted by atomic mass is 9.93. The molecule has 1 N–H and O–H groups in total. The number of carboxylic acid groups (broad SMARTS) is 1. The topological polar surface area (TPSA) is 225 Å². The minimum Gasteiger partial charge on any atom is -0.481 e. The summed E-state index contributed by atoms with van der Waals surface area (Å²) in [5, 5.41) is 16.5. The molecule has 0 aromatic carbocycles. The van der Waals surface area contributed by atoms with Crippen LogP contribution in [0, 0.1) is 11.3 Å². The molecule has 2 unspecified atom stereocenters. The van der Waals surface area contributed by atoms with E-state index in [2.05, 4.69) is 38.0 Å². The van der Waals surface area contributed by atoms with Crippen LogP contribution in [0.25, 0.3) is 0 Å². The van der Waals surface area contributed by atoms with Crippen LogP contribution in [-0.2, 0) is 89.1 Å². The number of imide groups is 1. The van der Waals surface area contributed by atoms with Gasteiger partial charge in [-0.3, -0.25) is 19.3 Å². The number of hydrogen-bond donors (Lipinski definition) is 1. The maximum absolute atomic E-state index is 12.6. The molecule has 67 heavy (non-hydrogen) atoms. The summed E-state index contributed by atoms with van der Waals surface area (Å²) < 4.78 is 71.6. The van der Waals surface area contributed by atoms with E-state index < -0.39 is 17.1 Å². The first-order chi connectivity index (χ1) is 32.5. The molecule has 1 aliphatic rings. The van der Waals surface area contributed by atoms with Gasteiger partial charge >= 0.3 is 5.97 Å². The molecule has 1 fully saturated rings. The fourth-order valence-corrected chi connectivity index (χ4v) is 6.38. The largest absolute Gasteiger partial charge is 0.481 e. The molecule has 2 rings (SSSR count). The lowest BCUT2D eigenvalue weighted by Gasteiger charge is -2.17. The van der Waals surface area contributed by atoms with Crippen LogP contribution >= 0.6 is 11.8 Å². The molecule has 1 aliphatic heterocycles. The van der Waals surface area contributed by atoms with E-state index in [-0.39, 0.29) is 30.5 Å². The molecule has 2 heterocycles. The Hall–Kier alpha value is -2.42. The van der Waals surface area contributed by atoms with Gasteiger partial charge in [-0.25, -0.2) is 4.68 Å². The molecular weight excluding hydrogens is 901 g/mol. The third-order valence-corrected chi connectivity index (χ3v) is 10.5. The fourth-order valence-electron chi connectivity index (χ4n) is 5.19. The Labute approximate surface area is 403 Å². The highest BCUT2D eigenvalue weighted by atomic mass is 32.2. The third-order valence-electron chi connectivity index (χ3n) is 9.04. The second kappa shape index (κ2) is 43.6. The highest BCUT2D eigenvalue weighted by Crippen LogP contribution is 2.28.